The molecule has 0 unspecified atom stereocenters. The fraction of sp³-hybridized carbons (Fsp3) is 0.412. The molecule has 1 aromatic rings. The average molecular weight is 290 g/mol. The first kappa shape index (κ1) is 17.0. The van der Waals surface area contributed by atoms with Crippen molar-refractivity contribution >= 4 is 18.0 Å². The summed E-state index contributed by atoms with van der Waals surface area (Å²) in [5, 5.41) is 0. The second-order valence-electron chi connectivity index (χ2n) is 5.88. The van der Waals surface area contributed by atoms with Crippen LogP contribution in [0.15, 0.2) is 18.2 Å². The zero-order valence-corrected chi connectivity index (χ0v) is 13.4. The van der Waals surface area contributed by atoms with Gasteiger partial charge in [-0.3, -0.25) is 0 Å². The Balaban J connectivity index is 3.00. The van der Waals surface area contributed by atoms with E-state index < -0.39 is 11.6 Å². The van der Waals surface area contributed by atoms with Crippen molar-refractivity contribution in [2.45, 2.75) is 40.2 Å². The van der Waals surface area contributed by atoms with Crippen LogP contribution in [-0.2, 0) is 14.3 Å². The molecule has 0 N–H and O–H groups in total. The van der Waals surface area contributed by atoms with E-state index in [2.05, 4.69) is 0 Å². The van der Waals surface area contributed by atoms with E-state index in [1.54, 1.807) is 18.2 Å². The van der Waals surface area contributed by atoms with Crippen LogP contribution in [0.4, 0.5) is 0 Å². The summed E-state index contributed by atoms with van der Waals surface area (Å²) in [6.07, 6.45) is 3.11. The first-order chi connectivity index (χ1) is 9.64. The molecular formula is C17H22O4. The molecule has 0 spiro atoms. The maximum atomic E-state index is 11.7. The first-order valence-corrected chi connectivity index (χ1v) is 6.74. The summed E-state index contributed by atoms with van der Waals surface area (Å²) >= 11 is 0. The van der Waals surface area contributed by atoms with Gasteiger partial charge in [0, 0.05) is 6.08 Å². The average Bonchev–Trinajstić information content (AvgIpc) is 2.34. The molecule has 0 aliphatic rings. The zero-order valence-electron chi connectivity index (χ0n) is 13.4. The lowest BCUT2D eigenvalue weighted by Crippen LogP contribution is -2.22. The molecule has 0 atom stereocenters. The van der Waals surface area contributed by atoms with Gasteiger partial charge in [0.15, 0.2) is 0 Å². The van der Waals surface area contributed by atoms with Crippen molar-refractivity contribution in [2.24, 2.45) is 0 Å². The number of methoxy groups -OCH3 is 1. The highest BCUT2D eigenvalue weighted by Gasteiger charge is 2.14. The normalized spacial score (nSPS) is 11.5. The SMILES string of the molecule is COC(=O)c1cc(C)c(C=CC(=O)OC(C)(C)C)c(C)c1. The summed E-state index contributed by atoms with van der Waals surface area (Å²) in [5.74, 6) is -0.762. The molecule has 0 radical (unpaired) electrons. The maximum absolute atomic E-state index is 11.7. The van der Waals surface area contributed by atoms with Crippen molar-refractivity contribution in [1.29, 1.82) is 0 Å². The predicted molar refractivity (Wildman–Crippen MR) is 82.1 cm³/mol. The Hall–Kier alpha value is -2.10. The molecule has 1 aromatic carbocycles. The molecule has 1 rings (SSSR count). The fourth-order valence-electron chi connectivity index (χ4n) is 1.96. The van der Waals surface area contributed by atoms with Crippen LogP contribution in [0.3, 0.4) is 0 Å². The van der Waals surface area contributed by atoms with Crippen LogP contribution in [0.25, 0.3) is 6.08 Å². The molecule has 0 fully saturated rings. The second kappa shape index (κ2) is 6.57. The van der Waals surface area contributed by atoms with Crippen LogP contribution in [0, 0.1) is 13.8 Å². The van der Waals surface area contributed by atoms with Crippen molar-refractivity contribution < 1.29 is 19.1 Å². The zero-order chi connectivity index (χ0) is 16.2. The summed E-state index contributed by atoms with van der Waals surface area (Å²) < 4.78 is 9.93. The molecule has 0 aliphatic carbocycles. The molecule has 0 aliphatic heterocycles. The minimum Gasteiger partial charge on any atom is -0.465 e. The van der Waals surface area contributed by atoms with E-state index in [0.717, 1.165) is 16.7 Å². The summed E-state index contributed by atoms with van der Waals surface area (Å²) in [4.78, 5) is 23.2. The van der Waals surface area contributed by atoms with Gasteiger partial charge in [-0.1, -0.05) is 0 Å². The Morgan fingerprint density at radius 2 is 1.62 bits per heavy atom. The lowest BCUT2D eigenvalue weighted by molar-refractivity contribution is -0.148. The standard InChI is InChI=1S/C17H22O4/c1-11-9-13(16(19)20-6)10-12(2)14(11)7-8-15(18)21-17(3,4)5/h7-10H,1-6H3. The van der Waals surface area contributed by atoms with Gasteiger partial charge in [-0.25, -0.2) is 9.59 Å². The first-order valence-electron chi connectivity index (χ1n) is 6.74. The van der Waals surface area contributed by atoms with Gasteiger partial charge in [-0.05, 0) is 69.5 Å². The van der Waals surface area contributed by atoms with E-state index in [4.69, 9.17) is 9.47 Å². The second-order valence-corrected chi connectivity index (χ2v) is 5.88. The van der Waals surface area contributed by atoms with Crippen molar-refractivity contribution in [2.75, 3.05) is 7.11 Å². The Morgan fingerprint density at radius 1 is 1.10 bits per heavy atom. The highest BCUT2D eigenvalue weighted by Crippen LogP contribution is 2.19. The predicted octanol–water partition coefficient (Wildman–Crippen LogP) is 3.44. The van der Waals surface area contributed by atoms with E-state index >= 15 is 0 Å². The van der Waals surface area contributed by atoms with E-state index in [9.17, 15) is 9.59 Å². The van der Waals surface area contributed by atoms with Gasteiger partial charge in [0.2, 0.25) is 0 Å². The number of ether oxygens (including phenoxy) is 2. The largest absolute Gasteiger partial charge is 0.465 e. The molecule has 0 bridgehead atoms. The lowest BCUT2D eigenvalue weighted by Gasteiger charge is -2.18. The molecule has 21 heavy (non-hydrogen) atoms. The summed E-state index contributed by atoms with van der Waals surface area (Å²) in [5.41, 5.74) is 2.68. The number of aryl methyl sites for hydroxylation is 2. The van der Waals surface area contributed by atoms with Gasteiger partial charge in [0.25, 0.3) is 0 Å². The monoisotopic (exact) mass is 290 g/mol. The van der Waals surface area contributed by atoms with Crippen molar-refractivity contribution in [3.05, 3.63) is 40.5 Å². The van der Waals surface area contributed by atoms with Crippen LogP contribution < -0.4 is 0 Å². The van der Waals surface area contributed by atoms with Gasteiger partial charge < -0.3 is 9.47 Å². The number of esters is 2. The Labute approximate surface area is 125 Å². The summed E-state index contributed by atoms with van der Waals surface area (Å²) in [6, 6.07) is 3.49. The number of hydrogen-bond donors (Lipinski definition) is 0. The minimum atomic E-state index is -0.514. The molecule has 4 nitrogen and oxygen atoms in total. The molecular weight excluding hydrogens is 268 g/mol. The van der Waals surface area contributed by atoms with Crippen molar-refractivity contribution in [3.63, 3.8) is 0 Å². The molecule has 0 amide bonds. The van der Waals surface area contributed by atoms with Gasteiger partial charge >= 0.3 is 11.9 Å². The van der Waals surface area contributed by atoms with E-state index in [1.165, 1.54) is 13.2 Å². The molecule has 0 saturated carbocycles. The van der Waals surface area contributed by atoms with Crippen LogP contribution in [0.5, 0.6) is 0 Å². The number of benzene rings is 1. The summed E-state index contributed by atoms with van der Waals surface area (Å²) in [6.45, 7) is 9.23. The van der Waals surface area contributed by atoms with Crippen LogP contribution in [0.1, 0.15) is 47.8 Å². The van der Waals surface area contributed by atoms with E-state index in [1.807, 2.05) is 34.6 Å². The topological polar surface area (TPSA) is 52.6 Å². The third-order valence-corrected chi connectivity index (χ3v) is 2.81. The molecule has 0 heterocycles. The van der Waals surface area contributed by atoms with Gasteiger partial charge in [0.05, 0.1) is 12.7 Å². The van der Waals surface area contributed by atoms with Crippen LogP contribution >= 0.6 is 0 Å². The van der Waals surface area contributed by atoms with E-state index in [-0.39, 0.29) is 5.97 Å². The highest BCUT2D eigenvalue weighted by atomic mass is 16.6. The minimum absolute atomic E-state index is 0.371. The smallest absolute Gasteiger partial charge is 0.337 e. The Morgan fingerprint density at radius 3 is 2.05 bits per heavy atom. The quantitative estimate of drug-likeness (QED) is 0.632. The van der Waals surface area contributed by atoms with Crippen molar-refractivity contribution in [1.82, 2.24) is 0 Å². The van der Waals surface area contributed by atoms with Crippen LogP contribution in [-0.4, -0.2) is 24.6 Å². The summed E-state index contributed by atoms with van der Waals surface area (Å²) in [7, 11) is 1.35. The highest BCUT2D eigenvalue weighted by molar-refractivity contribution is 5.91. The van der Waals surface area contributed by atoms with Gasteiger partial charge in [0.1, 0.15) is 5.60 Å². The Bertz CT molecular complexity index is 554. The molecule has 0 aromatic heterocycles. The van der Waals surface area contributed by atoms with Gasteiger partial charge in [-0.15, -0.1) is 0 Å². The third-order valence-electron chi connectivity index (χ3n) is 2.81. The fourth-order valence-corrected chi connectivity index (χ4v) is 1.96. The lowest BCUT2D eigenvalue weighted by atomic mass is 9.99. The van der Waals surface area contributed by atoms with E-state index in [0.29, 0.717) is 5.56 Å². The Kier molecular flexibility index (Phi) is 5.30. The maximum Gasteiger partial charge on any atom is 0.337 e. The number of carbonyl (C=O) groups excluding carboxylic acids is 2. The third kappa shape index (κ3) is 5.06. The number of hydrogen-bond acceptors (Lipinski definition) is 4. The van der Waals surface area contributed by atoms with Crippen LogP contribution in [0.2, 0.25) is 0 Å². The molecule has 4 heteroatoms. The van der Waals surface area contributed by atoms with Crippen molar-refractivity contribution in [3.8, 4) is 0 Å². The number of carbonyl (C=O) groups is 2. The molecule has 114 valence electrons. The number of rotatable bonds is 3. The molecule has 0 saturated heterocycles. The van der Waals surface area contributed by atoms with Gasteiger partial charge in [-0.2, -0.15) is 0 Å².